The van der Waals surface area contributed by atoms with Gasteiger partial charge in [-0.3, -0.25) is 14.5 Å². The number of carbonyl (C=O) groups is 1. The molecule has 122 valence electrons. The lowest BCUT2D eigenvalue weighted by molar-refractivity contribution is -0.151. The van der Waals surface area contributed by atoms with Crippen molar-refractivity contribution in [1.29, 1.82) is 0 Å². The maximum Gasteiger partial charge on any atom is 0.310 e. The van der Waals surface area contributed by atoms with Gasteiger partial charge >= 0.3 is 5.97 Å². The summed E-state index contributed by atoms with van der Waals surface area (Å²) in [7, 11) is 0. The van der Waals surface area contributed by atoms with Crippen molar-refractivity contribution in [3.05, 3.63) is 46.0 Å². The number of pyridine rings is 1. The maximum absolute atomic E-state index is 13.2. The van der Waals surface area contributed by atoms with Crippen molar-refractivity contribution >= 4 is 16.9 Å². The summed E-state index contributed by atoms with van der Waals surface area (Å²) in [6.45, 7) is 3.33. The summed E-state index contributed by atoms with van der Waals surface area (Å²) in [6, 6.07) is 6.03. The summed E-state index contributed by atoms with van der Waals surface area (Å²) in [4.78, 5) is 28.3. The molecule has 1 atom stereocenters. The lowest BCUT2D eigenvalue weighted by Gasteiger charge is -2.37. The molecule has 2 heterocycles. The molecule has 1 aromatic carbocycles. The van der Waals surface area contributed by atoms with Gasteiger partial charge in [0.25, 0.3) is 5.56 Å². The van der Waals surface area contributed by atoms with E-state index in [0.29, 0.717) is 30.6 Å². The highest BCUT2D eigenvalue weighted by atomic mass is 19.1. The van der Waals surface area contributed by atoms with Crippen molar-refractivity contribution in [2.45, 2.75) is 26.3 Å². The van der Waals surface area contributed by atoms with Crippen molar-refractivity contribution in [2.75, 3.05) is 13.1 Å². The molecule has 1 unspecified atom stereocenters. The average Bonchev–Trinajstić information content (AvgIpc) is 2.48. The van der Waals surface area contributed by atoms with Crippen LogP contribution in [0, 0.1) is 11.2 Å². The minimum atomic E-state index is -0.801. The number of nitrogens with one attached hydrogen (secondary N) is 1. The van der Waals surface area contributed by atoms with Crippen LogP contribution in [0.1, 0.15) is 25.3 Å². The Hall–Kier alpha value is -2.21. The number of H-pyrrole nitrogens is 1. The summed E-state index contributed by atoms with van der Waals surface area (Å²) in [5.41, 5.74) is 0.00237. The van der Waals surface area contributed by atoms with Crippen molar-refractivity contribution in [1.82, 2.24) is 9.88 Å². The number of hydrogen-bond donors (Lipinski definition) is 2. The Bertz CT molecular complexity index is 817. The summed E-state index contributed by atoms with van der Waals surface area (Å²) in [5, 5.41) is 10.1. The fourth-order valence-corrected chi connectivity index (χ4v) is 3.23. The van der Waals surface area contributed by atoms with Crippen LogP contribution in [0.2, 0.25) is 0 Å². The summed E-state index contributed by atoms with van der Waals surface area (Å²) < 4.78 is 13.2. The lowest BCUT2D eigenvalue weighted by atomic mass is 9.82. The first-order valence-electron chi connectivity index (χ1n) is 7.65. The Balaban J connectivity index is 1.86. The van der Waals surface area contributed by atoms with Gasteiger partial charge in [0.2, 0.25) is 0 Å². The number of benzene rings is 1. The third kappa shape index (κ3) is 3.12. The topological polar surface area (TPSA) is 73.4 Å². The quantitative estimate of drug-likeness (QED) is 0.911. The molecule has 0 radical (unpaired) electrons. The molecule has 1 aliphatic rings. The predicted molar refractivity (Wildman–Crippen MR) is 84.8 cm³/mol. The molecule has 0 spiro atoms. The highest BCUT2D eigenvalue weighted by Crippen LogP contribution is 2.30. The van der Waals surface area contributed by atoms with Gasteiger partial charge in [-0.15, -0.1) is 0 Å². The fourth-order valence-electron chi connectivity index (χ4n) is 3.23. The van der Waals surface area contributed by atoms with Gasteiger partial charge in [0.05, 0.1) is 10.9 Å². The van der Waals surface area contributed by atoms with Crippen molar-refractivity contribution in [3.8, 4) is 0 Å². The van der Waals surface area contributed by atoms with Gasteiger partial charge in [0.15, 0.2) is 0 Å². The molecule has 2 aromatic rings. The molecule has 2 N–H and O–H groups in total. The highest BCUT2D eigenvalue weighted by Gasteiger charge is 2.37. The minimum absolute atomic E-state index is 0.259. The number of hydrogen-bond acceptors (Lipinski definition) is 3. The summed E-state index contributed by atoms with van der Waals surface area (Å²) >= 11 is 0. The number of nitrogens with zero attached hydrogens (tertiary/aromatic N) is 1. The monoisotopic (exact) mass is 318 g/mol. The van der Waals surface area contributed by atoms with Crippen LogP contribution in [0.25, 0.3) is 10.9 Å². The second-order valence-corrected chi connectivity index (χ2v) is 6.54. The van der Waals surface area contributed by atoms with E-state index in [4.69, 9.17) is 0 Å². The second kappa shape index (κ2) is 5.77. The van der Waals surface area contributed by atoms with E-state index >= 15 is 0 Å². The van der Waals surface area contributed by atoms with E-state index in [1.807, 2.05) is 4.90 Å². The van der Waals surface area contributed by atoms with Crippen LogP contribution < -0.4 is 5.56 Å². The van der Waals surface area contributed by atoms with Crippen LogP contribution >= 0.6 is 0 Å². The van der Waals surface area contributed by atoms with Gasteiger partial charge in [0.1, 0.15) is 5.82 Å². The first kappa shape index (κ1) is 15.7. The van der Waals surface area contributed by atoms with Crippen LogP contribution in [-0.2, 0) is 11.3 Å². The van der Waals surface area contributed by atoms with E-state index in [0.717, 1.165) is 18.4 Å². The lowest BCUT2D eigenvalue weighted by Crippen LogP contribution is -2.46. The fraction of sp³-hybridized carbons (Fsp3) is 0.412. The Morgan fingerprint density at radius 3 is 2.96 bits per heavy atom. The maximum atomic E-state index is 13.2. The number of piperidine rings is 1. The number of halogens is 1. The largest absolute Gasteiger partial charge is 0.481 e. The molecule has 1 aliphatic heterocycles. The third-order valence-corrected chi connectivity index (χ3v) is 4.57. The van der Waals surface area contributed by atoms with E-state index in [1.165, 1.54) is 12.1 Å². The number of aromatic amines is 1. The van der Waals surface area contributed by atoms with Crippen molar-refractivity contribution < 1.29 is 14.3 Å². The van der Waals surface area contributed by atoms with Gasteiger partial charge in [0, 0.05) is 18.7 Å². The molecule has 0 bridgehead atoms. The van der Waals surface area contributed by atoms with Gasteiger partial charge in [-0.2, -0.15) is 0 Å². The Morgan fingerprint density at radius 1 is 1.43 bits per heavy atom. The van der Waals surface area contributed by atoms with E-state index in [1.54, 1.807) is 19.1 Å². The molecule has 1 aromatic heterocycles. The molecule has 3 rings (SSSR count). The minimum Gasteiger partial charge on any atom is -0.481 e. The number of aliphatic carboxylic acids is 1. The summed E-state index contributed by atoms with van der Waals surface area (Å²) in [6.07, 6.45) is 1.44. The molecule has 1 saturated heterocycles. The van der Waals surface area contributed by atoms with Crippen LogP contribution in [0.3, 0.4) is 0 Å². The zero-order valence-corrected chi connectivity index (χ0v) is 12.9. The zero-order chi connectivity index (χ0) is 16.6. The first-order valence-corrected chi connectivity index (χ1v) is 7.65. The predicted octanol–water partition coefficient (Wildman–Crippen LogP) is 2.35. The third-order valence-electron chi connectivity index (χ3n) is 4.57. The second-order valence-electron chi connectivity index (χ2n) is 6.54. The van der Waals surface area contributed by atoms with Gasteiger partial charge < -0.3 is 10.1 Å². The molecule has 0 amide bonds. The smallest absolute Gasteiger partial charge is 0.310 e. The SMILES string of the molecule is CC1(C(=O)O)CCCN(Cc2cc3ccc(F)cc3[nH]c2=O)C1. The van der Waals surface area contributed by atoms with Gasteiger partial charge in [-0.1, -0.05) is 0 Å². The molecule has 1 fully saturated rings. The summed E-state index contributed by atoms with van der Waals surface area (Å²) in [5.74, 6) is -1.20. The van der Waals surface area contributed by atoms with Crippen LogP contribution in [0.15, 0.2) is 29.1 Å². The van der Waals surface area contributed by atoms with Crippen molar-refractivity contribution in [3.63, 3.8) is 0 Å². The average molecular weight is 318 g/mol. The number of likely N-dealkylation sites (tertiary alicyclic amines) is 1. The van der Waals surface area contributed by atoms with Crippen LogP contribution in [0.5, 0.6) is 0 Å². The number of rotatable bonds is 3. The standard InChI is InChI=1S/C17H19FN2O3/c1-17(16(22)23)5-2-6-20(10-17)9-12-7-11-3-4-13(18)8-14(11)19-15(12)21/h3-4,7-8H,2,5-6,9-10H2,1H3,(H,19,21)(H,22,23). The number of aromatic nitrogens is 1. The molecule has 5 nitrogen and oxygen atoms in total. The molecular formula is C17H19FN2O3. The molecular weight excluding hydrogens is 299 g/mol. The van der Waals surface area contributed by atoms with Gasteiger partial charge in [-0.05, 0) is 56.0 Å². The highest BCUT2D eigenvalue weighted by molar-refractivity contribution is 5.78. The molecule has 6 heteroatoms. The zero-order valence-electron chi connectivity index (χ0n) is 12.9. The van der Waals surface area contributed by atoms with E-state index in [9.17, 15) is 19.1 Å². The normalized spacial score (nSPS) is 22.3. The molecule has 23 heavy (non-hydrogen) atoms. The number of carboxylic acid groups (broad SMARTS) is 1. The van der Waals surface area contributed by atoms with Crippen molar-refractivity contribution in [2.24, 2.45) is 5.41 Å². The Kier molecular flexibility index (Phi) is 3.93. The molecule has 0 saturated carbocycles. The van der Waals surface area contributed by atoms with E-state index in [-0.39, 0.29) is 5.56 Å². The number of fused-ring (bicyclic) bond motifs is 1. The Morgan fingerprint density at radius 2 is 2.22 bits per heavy atom. The molecule has 0 aliphatic carbocycles. The van der Waals surface area contributed by atoms with Crippen LogP contribution in [-0.4, -0.2) is 34.0 Å². The van der Waals surface area contributed by atoms with E-state index in [2.05, 4.69) is 4.98 Å². The number of carboxylic acids is 1. The van der Waals surface area contributed by atoms with Gasteiger partial charge in [-0.25, -0.2) is 4.39 Å². The van der Waals surface area contributed by atoms with Crippen LogP contribution in [0.4, 0.5) is 4.39 Å². The van der Waals surface area contributed by atoms with E-state index < -0.39 is 17.2 Å². The first-order chi connectivity index (χ1) is 10.9. The Labute approximate surface area is 132 Å².